The molecule has 170 valence electrons. The van der Waals surface area contributed by atoms with E-state index in [1.165, 1.54) is 11.8 Å². The lowest BCUT2D eigenvalue weighted by Crippen LogP contribution is -2.53. The van der Waals surface area contributed by atoms with Crippen LogP contribution in [0.3, 0.4) is 0 Å². The normalized spacial score (nSPS) is 17.6. The van der Waals surface area contributed by atoms with Crippen molar-refractivity contribution >= 4 is 46.4 Å². The molecule has 0 radical (unpaired) electrons. The summed E-state index contributed by atoms with van der Waals surface area (Å²) in [5.74, 6) is 0.102. The Morgan fingerprint density at radius 2 is 1.88 bits per heavy atom. The molecule has 3 aromatic rings. The predicted molar refractivity (Wildman–Crippen MR) is 131 cm³/mol. The Hall–Kier alpha value is -3.60. The van der Waals surface area contributed by atoms with Gasteiger partial charge >= 0.3 is 0 Å². The lowest BCUT2D eigenvalue weighted by Gasteiger charge is -2.29. The Bertz CT molecular complexity index is 1270. The van der Waals surface area contributed by atoms with Gasteiger partial charge in [-0.15, -0.1) is 12.4 Å². The number of carbonyl (C=O) groups excluding carboxylic acids is 2. The second-order valence-electron chi connectivity index (χ2n) is 7.86. The van der Waals surface area contributed by atoms with E-state index in [9.17, 15) is 14.9 Å². The largest absolute Gasteiger partial charge is 0.496 e. The van der Waals surface area contributed by atoms with Gasteiger partial charge in [0, 0.05) is 12.5 Å². The van der Waals surface area contributed by atoms with E-state index in [1.54, 1.807) is 37.1 Å². The molecule has 0 aromatic heterocycles. The maximum atomic E-state index is 13.5. The molecule has 3 aromatic carbocycles. The van der Waals surface area contributed by atoms with Gasteiger partial charge in [-0.25, -0.2) is 0 Å². The quantitative estimate of drug-likeness (QED) is 0.636. The Balaban J connectivity index is 0.00000306. The Kier molecular flexibility index (Phi) is 6.92. The highest BCUT2D eigenvalue weighted by atomic mass is 35.5. The van der Waals surface area contributed by atoms with Gasteiger partial charge in [0.2, 0.25) is 11.8 Å². The third kappa shape index (κ3) is 4.11. The zero-order valence-electron chi connectivity index (χ0n) is 18.6. The Morgan fingerprint density at radius 1 is 1.15 bits per heavy atom. The molecule has 0 unspecified atom stereocenters. The summed E-state index contributed by atoms with van der Waals surface area (Å²) >= 11 is 0. The minimum atomic E-state index is -0.933. The topological polar surface area (TPSA) is 99.7 Å². The van der Waals surface area contributed by atoms with Crippen LogP contribution >= 0.6 is 12.4 Å². The van der Waals surface area contributed by atoms with Gasteiger partial charge in [0.25, 0.3) is 0 Å². The zero-order chi connectivity index (χ0) is 23.0. The first kappa shape index (κ1) is 24.1. The molecule has 7 nitrogen and oxygen atoms in total. The van der Waals surface area contributed by atoms with Crippen LogP contribution in [0.1, 0.15) is 25.0 Å². The van der Waals surface area contributed by atoms with Crippen LogP contribution in [0.5, 0.6) is 5.75 Å². The molecule has 8 heteroatoms. The van der Waals surface area contributed by atoms with Crippen LogP contribution in [0.2, 0.25) is 0 Å². The highest BCUT2D eigenvalue weighted by Crippen LogP contribution is 2.38. The van der Waals surface area contributed by atoms with Crippen LogP contribution in [0.15, 0.2) is 54.6 Å². The zero-order valence-corrected chi connectivity index (χ0v) is 19.4. The van der Waals surface area contributed by atoms with E-state index >= 15 is 0 Å². The Labute approximate surface area is 198 Å². The molecule has 0 fully saturated rings. The number of methoxy groups -OCH3 is 1. The number of nitrogens with two attached hydrogens (primary N) is 1. The summed E-state index contributed by atoms with van der Waals surface area (Å²) in [6.07, 6.45) is 0. The molecule has 2 amide bonds. The lowest BCUT2D eigenvalue weighted by atomic mass is 10.0. The van der Waals surface area contributed by atoms with E-state index in [-0.39, 0.29) is 30.8 Å². The van der Waals surface area contributed by atoms with Crippen LogP contribution < -0.4 is 20.3 Å². The fourth-order valence-electron chi connectivity index (χ4n) is 4.35. The van der Waals surface area contributed by atoms with Crippen molar-refractivity contribution in [1.29, 1.82) is 5.26 Å². The van der Waals surface area contributed by atoms with Gasteiger partial charge in [-0.2, -0.15) is 5.26 Å². The molecule has 1 aliphatic rings. The van der Waals surface area contributed by atoms with E-state index in [4.69, 9.17) is 10.5 Å². The third-order valence-corrected chi connectivity index (χ3v) is 6.01. The van der Waals surface area contributed by atoms with Gasteiger partial charge in [0.1, 0.15) is 11.8 Å². The highest BCUT2D eigenvalue weighted by Gasteiger charge is 2.39. The van der Waals surface area contributed by atoms with Crippen molar-refractivity contribution < 1.29 is 14.3 Å². The van der Waals surface area contributed by atoms with Crippen LogP contribution in [0, 0.1) is 11.3 Å². The maximum Gasteiger partial charge on any atom is 0.246 e. The molecule has 0 bridgehead atoms. The van der Waals surface area contributed by atoms with E-state index in [2.05, 4.69) is 6.07 Å². The van der Waals surface area contributed by atoms with Crippen molar-refractivity contribution in [2.45, 2.75) is 32.5 Å². The number of rotatable bonds is 3. The monoisotopic (exact) mass is 464 g/mol. The molecule has 0 spiro atoms. The van der Waals surface area contributed by atoms with Gasteiger partial charge in [-0.1, -0.05) is 30.3 Å². The first-order valence-corrected chi connectivity index (χ1v) is 10.3. The van der Waals surface area contributed by atoms with Gasteiger partial charge < -0.3 is 20.3 Å². The summed E-state index contributed by atoms with van der Waals surface area (Å²) in [6, 6.07) is 17.3. The minimum Gasteiger partial charge on any atom is -0.496 e. The second kappa shape index (κ2) is 9.49. The molecule has 4 rings (SSSR count). The van der Waals surface area contributed by atoms with Crippen LogP contribution in [-0.2, 0) is 16.1 Å². The van der Waals surface area contributed by atoms with Crippen molar-refractivity contribution in [1.82, 2.24) is 0 Å². The highest BCUT2D eigenvalue weighted by molar-refractivity contribution is 6.07. The number of ether oxygens (including phenoxy) is 1. The molecule has 33 heavy (non-hydrogen) atoms. The predicted octanol–water partition coefficient (Wildman–Crippen LogP) is 3.76. The fourth-order valence-corrected chi connectivity index (χ4v) is 4.35. The number of fused-ring (bicyclic) bond motifs is 2. The molecular formula is C25H25ClN4O3. The van der Waals surface area contributed by atoms with Crippen LogP contribution in [0.25, 0.3) is 10.8 Å². The van der Waals surface area contributed by atoms with E-state index in [0.29, 0.717) is 22.7 Å². The van der Waals surface area contributed by atoms with Gasteiger partial charge in [-0.3, -0.25) is 9.59 Å². The summed E-state index contributed by atoms with van der Waals surface area (Å²) in [5.41, 5.74) is 8.60. The van der Waals surface area contributed by atoms with Gasteiger partial charge in [0.15, 0.2) is 0 Å². The van der Waals surface area contributed by atoms with Crippen molar-refractivity contribution in [2.24, 2.45) is 5.73 Å². The van der Waals surface area contributed by atoms with Gasteiger partial charge in [0.05, 0.1) is 42.7 Å². The number of nitrogens with zero attached hydrogens (tertiary/aromatic N) is 3. The first-order valence-electron chi connectivity index (χ1n) is 10.3. The summed E-state index contributed by atoms with van der Waals surface area (Å²) in [5, 5.41) is 11.4. The second-order valence-corrected chi connectivity index (χ2v) is 7.86. The van der Waals surface area contributed by atoms with Crippen molar-refractivity contribution in [2.75, 3.05) is 16.9 Å². The number of amides is 2. The average Bonchev–Trinajstić information content (AvgIpc) is 2.88. The number of hydrogen-bond donors (Lipinski definition) is 1. The maximum absolute atomic E-state index is 13.5. The van der Waals surface area contributed by atoms with Crippen LogP contribution in [0.4, 0.5) is 11.4 Å². The Morgan fingerprint density at radius 3 is 2.55 bits per heavy atom. The van der Waals surface area contributed by atoms with Crippen molar-refractivity contribution in [3.8, 4) is 11.8 Å². The lowest BCUT2D eigenvalue weighted by molar-refractivity contribution is -0.120. The smallest absolute Gasteiger partial charge is 0.246 e. The molecule has 2 N–H and O–H groups in total. The number of hydrogen-bond acceptors (Lipinski definition) is 5. The number of anilines is 2. The average molecular weight is 465 g/mol. The van der Waals surface area contributed by atoms with Crippen molar-refractivity contribution in [3.63, 3.8) is 0 Å². The number of nitriles is 1. The molecule has 2 atom stereocenters. The number of halogens is 1. The van der Waals surface area contributed by atoms with Crippen molar-refractivity contribution in [3.05, 3.63) is 65.7 Å². The summed E-state index contributed by atoms with van der Waals surface area (Å²) < 4.78 is 5.62. The third-order valence-electron chi connectivity index (χ3n) is 6.01. The molecular weight excluding hydrogens is 440 g/mol. The summed E-state index contributed by atoms with van der Waals surface area (Å²) in [4.78, 5) is 29.2. The first-order chi connectivity index (χ1) is 15.4. The van der Waals surface area contributed by atoms with E-state index in [0.717, 1.165) is 16.3 Å². The van der Waals surface area contributed by atoms with E-state index in [1.807, 2.05) is 36.4 Å². The van der Waals surface area contributed by atoms with Crippen LogP contribution in [-0.4, -0.2) is 31.0 Å². The number of benzene rings is 3. The van der Waals surface area contributed by atoms with Gasteiger partial charge in [-0.05, 0) is 42.0 Å². The minimum absolute atomic E-state index is 0. The molecule has 0 saturated carbocycles. The molecule has 1 heterocycles. The summed E-state index contributed by atoms with van der Waals surface area (Å²) in [6.45, 7) is 3.38. The molecule has 0 saturated heterocycles. The number of carbonyl (C=O) groups is 2. The van der Waals surface area contributed by atoms with E-state index < -0.39 is 12.1 Å². The molecule has 1 aliphatic heterocycles. The fraction of sp³-hybridized carbons (Fsp3) is 0.240. The standard InChI is InChI=1S/C25H24N4O3.ClH/c1-15-24(27)25(31)28(21-10-8-17(13-26)12-22(21)29(15)16(2)30)14-20-19-7-5-4-6-18(19)9-11-23(20)32-3;/h4-12,15,24H,14,27H2,1-3H3;1H/t15-,24-;/m0./s1. The molecule has 0 aliphatic carbocycles. The SMILES string of the molecule is COc1ccc2ccccc2c1CN1C(=O)[C@@H](N)[C@H](C)N(C(C)=O)c2cc(C#N)ccc21.Cl. The summed E-state index contributed by atoms with van der Waals surface area (Å²) in [7, 11) is 1.59.